The van der Waals surface area contributed by atoms with Crippen LogP contribution in [0.25, 0.3) is 22.6 Å². The largest absolute Gasteiger partial charge is 0.383 e. The van der Waals surface area contributed by atoms with Crippen molar-refractivity contribution in [2.45, 2.75) is 20.4 Å². The van der Waals surface area contributed by atoms with Gasteiger partial charge in [0.15, 0.2) is 11.5 Å². The Morgan fingerprint density at radius 1 is 1.08 bits per heavy atom. The number of nitrogens with zero attached hydrogens (tertiary/aromatic N) is 5. The predicted octanol–water partition coefficient (Wildman–Crippen LogP) is 3.27. The molecule has 6 nitrogen and oxygen atoms in total. The Bertz CT molecular complexity index is 1100. The van der Waals surface area contributed by atoms with Gasteiger partial charge in [-0.25, -0.2) is 24.0 Å². The fourth-order valence-electron chi connectivity index (χ4n) is 2.83. The van der Waals surface area contributed by atoms with E-state index in [0.717, 1.165) is 16.6 Å². The molecule has 0 unspecified atom stereocenters. The number of hydrogen-bond donors (Lipinski definition) is 1. The van der Waals surface area contributed by atoms with Crippen LogP contribution in [0, 0.1) is 19.7 Å². The number of nitrogen functional groups attached to an aromatic ring is 1. The van der Waals surface area contributed by atoms with Crippen LogP contribution in [0.15, 0.2) is 42.6 Å². The van der Waals surface area contributed by atoms with Crippen molar-refractivity contribution in [1.82, 2.24) is 24.7 Å². The average Bonchev–Trinajstić information content (AvgIpc) is 3.00. The lowest BCUT2D eigenvalue weighted by Crippen LogP contribution is -2.05. The predicted molar refractivity (Wildman–Crippen MR) is 97.9 cm³/mol. The Labute approximate surface area is 149 Å². The van der Waals surface area contributed by atoms with Crippen molar-refractivity contribution in [2.75, 3.05) is 5.73 Å². The average molecular weight is 348 g/mol. The second-order valence-electron chi connectivity index (χ2n) is 6.12. The minimum Gasteiger partial charge on any atom is -0.383 e. The number of aryl methyl sites for hydroxylation is 1. The number of halogens is 1. The lowest BCUT2D eigenvalue weighted by molar-refractivity contribution is 0.589. The van der Waals surface area contributed by atoms with Gasteiger partial charge in [0.2, 0.25) is 0 Å². The van der Waals surface area contributed by atoms with Crippen LogP contribution >= 0.6 is 0 Å². The molecule has 4 rings (SSSR count). The van der Waals surface area contributed by atoms with Crippen molar-refractivity contribution < 1.29 is 4.39 Å². The van der Waals surface area contributed by atoms with Gasteiger partial charge in [-0.3, -0.25) is 0 Å². The van der Waals surface area contributed by atoms with Crippen LogP contribution in [-0.4, -0.2) is 24.7 Å². The Kier molecular flexibility index (Phi) is 3.84. The standard InChI is InChI=1S/C19H17FN6/c1-11-12(2)23-18(24-17(11)21)16-14-7-5-9-22-19(14)26(25-16)10-13-6-3-4-8-15(13)20/h3-9H,10H2,1-2H3,(H2,21,23,24). The lowest BCUT2D eigenvalue weighted by Gasteiger charge is -2.05. The first-order valence-corrected chi connectivity index (χ1v) is 8.20. The zero-order valence-corrected chi connectivity index (χ0v) is 14.4. The van der Waals surface area contributed by atoms with Gasteiger partial charge in [0, 0.05) is 23.0 Å². The molecular formula is C19H17FN6. The summed E-state index contributed by atoms with van der Waals surface area (Å²) in [4.78, 5) is 13.3. The smallest absolute Gasteiger partial charge is 0.183 e. The molecule has 4 aromatic rings. The van der Waals surface area contributed by atoms with Crippen molar-refractivity contribution in [2.24, 2.45) is 0 Å². The van der Waals surface area contributed by atoms with E-state index in [1.165, 1.54) is 6.07 Å². The normalized spacial score (nSPS) is 11.2. The molecule has 130 valence electrons. The van der Waals surface area contributed by atoms with Crippen LogP contribution in [0.5, 0.6) is 0 Å². The molecule has 0 atom stereocenters. The maximum atomic E-state index is 14.1. The van der Waals surface area contributed by atoms with E-state index in [4.69, 9.17) is 5.73 Å². The van der Waals surface area contributed by atoms with Crippen molar-refractivity contribution >= 4 is 16.9 Å². The number of aromatic nitrogens is 5. The Balaban J connectivity index is 1.89. The van der Waals surface area contributed by atoms with Gasteiger partial charge in [-0.1, -0.05) is 18.2 Å². The number of benzene rings is 1. The Hall–Kier alpha value is -3.35. The van der Waals surface area contributed by atoms with Crippen LogP contribution in [-0.2, 0) is 6.54 Å². The molecule has 1 aromatic carbocycles. The van der Waals surface area contributed by atoms with E-state index >= 15 is 0 Å². The van der Waals surface area contributed by atoms with Gasteiger partial charge in [0.25, 0.3) is 0 Å². The summed E-state index contributed by atoms with van der Waals surface area (Å²) in [6, 6.07) is 10.3. The van der Waals surface area contributed by atoms with Gasteiger partial charge in [-0.2, -0.15) is 5.10 Å². The summed E-state index contributed by atoms with van der Waals surface area (Å²) in [5.41, 5.74) is 9.41. The van der Waals surface area contributed by atoms with E-state index in [0.29, 0.717) is 28.5 Å². The number of rotatable bonds is 3. The molecule has 0 fully saturated rings. The summed E-state index contributed by atoms with van der Waals surface area (Å²) in [5.74, 6) is 0.587. The highest BCUT2D eigenvalue weighted by Gasteiger charge is 2.18. The molecule has 0 aliphatic carbocycles. The SMILES string of the molecule is Cc1nc(-c2nn(Cc3ccccc3F)c3ncccc23)nc(N)c1C. The van der Waals surface area contributed by atoms with Crippen LogP contribution < -0.4 is 5.73 Å². The quantitative estimate of drug-likeness (QED) is 0.614. The third-order valence-electron chi connectivity index (χ3n) is 4.42. The lowest BCUT2D eigenvalue weighted by atomic mass is 10.2. The Morgan fingerprint density at radius 2 is 1.88 bits per heavy atom. The number of fused-ring (bicyclic) bond motifs is 1. The molecule has 3 heterocycles. The second kappa shape index (κ2) is 6.18. The molecule has 0 saturated carbocycles. The minimum absolute atomic E-state index is 0.264. The highest BCUT2D eigenvalue weighted by atomic mass is 19.1. The summed E-state index contributed by atoms with van der Waals surface area (Å²) < 4.78 is 15.7. The van der Waals surface area contributed by atoms with Gasteiger partial charge in [-0.05, 0) is 32.0 Å². The molecule has 26 heavy (non-hydrogen) atoms. The summed E-state index contributed by atoms with van der Waals surface area (Å²) in [6.07, 6.45) is 1.68. The molecule has 0 bridgehead atoms. The van der Waals surface area contributed by atoms with Crippen molar-refractivity contribution in [3.8, 4) is 11.5 Å². The number of hydrogen-bond acceptors (Lipinski definition) is 5. The molecule has 0 radical (unpaired) electrons. The first-order valence-electron chi connectivity index (χ1n) is 8.20. The number of pyridine rings is 1. The molecule has 0 amide bonds. The Morgan fingerprint density at radius 3 is 2.65 bits per heavy atom. The van der Waals surface area contributed by atoms with Crippen LogP contribution in [0.1, 0.15) is 16.8 Å². The van der Waals surface area contributed by atoms with Crippen LogP contribution in [0.3, 0.4) is 0 Å². The highest BCUT2D eigenvalue weighted by Crippen LogP contribution is 2.27. The minimum atomic E-state index is -0.277. The van der Waals surface area contributed by atoms with Crippen molar-refractivity contribution in [3.63, 3.8) is 0 Å². The maximum Gasteiger partial charge on any atom is 0.183 e. The fourth-order valence-corrected chi connectivity index (χ4v) is 2.83. The summed E-state index contributed by atoms with van der Waals surface area (Å²) in [5, 5.41) is 5.41. The molecule has 0 spiro atoms. The molecule has 3 aromatic heterocycles. The maximum absolute atomic E-state index is 14.1. The number of anilines is 1. The van der Waals surface area contributed by atoms with E-state index in [-0.39, 0.29) is 12.4 Å². The summed E-state index contributed by atoms with van der Waals surface area (Å²) in [6.45, 7) is 4.03. The van der Waals surface area contributed by atoms with Gasteiger partial charge in [0.05, 0.1) is 11.9 Å². The first-order chi connectivity index (χ1) is 12.5. The van der Waals surface area contributed by atoms with E-state index in [9.17, 15) is 4.39 Å². The fraction of sp³-hybridized carbons (Fsp3) is 0.158. The zero-order chi connectivity index (χ0) is 18.3. The second-order valence-corrected chi connectivity index (χ2v) is 6.12. The first kappa shape index (κ1) is 16.1. The van der Waals surface area contributed by atoms with E-state index in [1.807, 2.05) is 26.0 Å². The van der Waals surface area contributed by atoms with Gasteiger partial charge in [-0.15, -0.1) is 0 Å². The summed E-state index contributed by atoms with van der Waals surface area (Å²) >= 11 is 0. The third kappa shape index (κ3) is 2.67. The van der Waals surface area contributed by atoms with Crippen molar-refractivity contribution in [1.29, 1.82) is 0 Å². The molecule has 7 heteroatoms. The monoisotopic (exact) mass is 348 g/mol. The number of nitrogens with two attached hydrogens (primary N) is 1. The van der Waals surface area contributed by atoms with Gasteiger partial charge < -0.3 is 5.73 Å². The van der Waals surface area contributed by atoms with Gasteiger partial charge >= 0.3 is 0 Å². The van der Waals surface area contributed by atoms with Crippen LogP contribution in [0.4, 0.5) is 10.2 Å². The van der Waals surface area contributed by atoms with Crippen LogP contribution in [0.2, 0.25) is 0 Å². The van der Waals surface area contributed by atoms with E-state index in [1.54, 1.807) is 29.1 Å². The highest BCUT2D eigenvalue weighted by molar-refractivity contribution is 5.89. The molecule has 0 aliphatic rings. The molecule has 0 saturated heterocycles. The van der Waals surface area contributed by atoms with E-state index < -0.39 is 0 Å². The van der Waals surface area contributed by atoms with Crippen molar-refractivity contribution in [3.05, 3.63) is 65.2 Å². The van der Waals surface area contributed by atoms with E-state index in [2.05, 4.69) is 20.1 Å². The molecule has 0 aliphatic heterocycles. The summed E-state index contributed by atoms with van der Waals surface area (Å²) in [7, 11) is 0. The molecular weight excluding hydrogens is 331 g/mol. The van der Waals surface area contributed by atoms with Gasteiger partial charge in [0.1, 0.15) is 17.3 Å². The topological polar surface area (TPSA) is 82.5 Å². The molecule has 2 N–H and O–H groups in total. The zero-order valence-electron chi connectivity index (χ0n) is 14.4. The third-order valence-corrected chi connectivity index (χ3v) is 4.42.